The van der Waals surface area contributed by atoms with Crippen molar-refractivity contribution in [3.8, 4) is 0 Å². The minimum atomic E-state index is -1.05. The van der Waals surface area contributed by atoms with E-state index in [1.807, 2.05) is 6.07 Å². The molecule has 0 saturated carbocycles. The molecule has 1 unspecified atom stereocenters. The summed E-state index contributed by atoms with van der Waals surface area (Å²) in [6, 6.07) is 4.31. The Hall–Kier alpha value is -1.69. The van der Waals surface area contributed by atoms with Crippen molar-refractivity contribution in [2.45, 2.75) is 19.4 Å². The molecule has 2 rings (SSSR count). The van der Waals surface area contributed by atoms with Crippen LogP contribution in [0.3, 0.4) is 0 Å². The number of hydrogen-bond acceptors (Lipinski definition) is 3. The molecule has 94 valence electrons. The lowest BCUT2D eigenvalue weighted by Crippen LogP contribution is -2.31. The molecule has 18 heavy (non-hydrogen) atoms. The molecule has 0 spiro atoms. The van der Waals surface area contributed by atoms with Crippen molar-refractivity contribution in [1.82, 2.24) is 9.78 Å². The summed E-state index contributed by atoms with van der Waals surface area (Å²) in [4.78, 5) is 23.3. The number of rotatable bonds is 3. The van der Waals surface area contributed by atoms with E-state index in [0.717, 1.165) is 9.15 Å². The average Bonchev–Trinajstić information content (AvgIpc) is 2.33. The molecule has 0 fully saturated rings. The van der Waals surface area contributed by atoms with Gasteiger partial charge in [-0.25, -0.2) is 9.48 Å². The molecule has 1 aromatic heterocycles. The first-order chi connectivity index (χ1) is 8.54. The monoisotopic (exact) mass is 310 g/mol. The molecule has 0 saturated heterocycles. The number of aliphatic carboxylic acids is 1. The lowest BCUT2D eigenvalue weighted by Gasteiger charge is -2.12. The number of hydrogen-bond donors (Lipinski definition) is 1. The molecule has 0 bridgehead atoms. The summed E-state index contributed by atoms with van der Waals surface area (Å²) in [5.41, 5.74) is -0.386. The summed E-state index contributed by atoms with van der Waals surface area (Å²) in [6.45, 7) is 1.71. The quantitative estimate of drug-likeness (QED) is 0.943. The van der Waals surface area contributed by atoms with Crippen LogP contribution in [0.1, 0.15) is 19.4 Å². The SMILES string of the molecule is CCC(C(=O)O)n1ncc2ccc(Br)cc2c1=O. The van der Waals surface area contributed by atoms with Gasteiger partial charge in [-0.2, -0.15) is 5.10 Å². The summed E-state index contributed by atoms with van der Waals surface area (Å²) >= 11 is 3.29. The zero-order valence-corrected chi connectivity index (χ0v) is 11.2. The predicted octanol–water partition coefficient (Wildman–Crippen LogP) is 2.19. The molecule has 0 aliphatic heterocycles. The number of carboxylic acid groups (broad SMARTS) is 1. The fraction of sp³-hybridized carbons (Fsp3) is 0.250. The van der Waals surface area contributed by atoms with E-state index in [2.05, 4.69) is 21.0 Å². The van der Waals surface area contributed by atoms with Gasteiger partial charge in [-0.05, 0) is 18.6 Å². The molecule has 1 N–H and O–H groups in total. The molecule has 2 aromatic rings. The van der Waals surface area contributed by atoms with Crippen molar-refractivity contribution in [3.05, 3.63) is 39.2 Å². The maximum atomic E-state index is 12.2. The first-order valence-electron chi connectivity index (χ1n) is 5.44. The molecule has 0 aliphatic rings. The van der Waals surface area contributed by atoms with Crippen LogP contribution >= 0.6 is 15.9 Å². The molecule has 1 aromatic carbocycles. The van der Waals surface area contributed by atoms with Gasteiger partial charge in [0.15, 0.2) is 6.04 Å². The van der Waals surface area contributed by atoms with Gasteiger partial charge in [-0.3, -0.25) is 4.79 Å². The highest BCUT2D eigenvalue weighted by Crippen LogP contribution is 2.17. The molecular weight excluding hydrogens is 300 g/mol. The van der Waals surface area contributed by atoms with Crippen molar-refractivity contribution < 1.29 is 9.90 Å². The third kappa shape index (κ3) is 2.15. The highest BCUT2D eigenvalue weighted by atomic mass is 79.9. The molecule has 0 radical (unpaired) electrons. The predicted molar refractivity (Wildman–Crippen MR) is 70.7 cm³/mol. The summed E-state index contributed by atoms with van der Waals surface area (Å²) in [6.07, 6.45) is 1.82. The maximum Gasteiger partial charge on any atom is 0.328 e. The Kier molecular flexibility index (Phi) is 3.47. The van der Waals surface area contributed by atoms with Crippen LogP contribution in [-0.2, 0) is 4.79 Å². The Morgan fingerprint density at radius 2 is 2.28 bits per heavy atom. The highest BCUT2D eigenvalue weighted by molar-refractivity contribution is 9.10. The second kappa shape index (κ2) is 4.89. The van der Waals surface area contributed by atoms with Crippen LogP contribution in [0.15, 0.2) is 33.7 Å². The standard InChI is InChI=1S/C12H11BrN2O3/c1-2-10(12(17)18)15-11(16)9-5-8(13)4-3-7(9)6-14-15/h3-6,10H,2H2,1H3,(H,17,18). The van der Waals surface area contributed by atoms with Crippen molar-refractivity contribution in [2.24, 2.45) is 0 Å². The Labute approximate surface area is 111 Å². The van der Waals surface area contributed by atoms with Gasteiger partial charge in [-0.15, -0.1) is 0 Å². The Morgan fingerprint density at radius 1 is 1.56 bits per heavy atom. The van der Waals surface area contributed by atoms with Crippen LogP contribution in [0.2, 0.25) is 0 Å². The topological polar surface area (TPSA) is 72.2 Å². The van der Waals surface area contributed by atoms with Crippen LogP contribution in [0.25, 0.3) is 10.8 Å². The summed E-state index contributed by atoms with van der Waals surface area (Å²) in [5.74, 6) is -1.05. The van der Waals surface area contributed by atoms with Crippen molar-refractivity contribution in [2.75, 3.05) is 0 Å². The third-order valence-corrected chi connectivity index (χ3v) is 3.24. The summed E-state index contributed by atoms with van der Waals surface area (Å²) < 4.78 is 1.80. The molecule has 5 nitrogen and oxygen atoms in total. The smallest absolute Gasteiger partial charge is 0.328 e. The van der Waals surface area contributed by atoms with Crippen LogP contribution in [0.4, 0.5) is 0 Å². The summed E-state index contributed by atoms with van der Waals surface area (Å²) in [7, 11) is 0. The third-order valence-electron chi connectivity index (χ3n) is 2.74. The van der Waals surface area contributed by atoms with Gasteiger partial charge >= 0.3 is 5.97 Å². The lowest BCUT2D eigenvalue weighted by molar-refractivity contribution is -0.141. The van der Waals surface area contributed by atoms with E-state index in [9.17, 15) is 9.59 Å². The van der Waals surface area contributed by atoms with Crippen LogP contribution in [0, 0.1) is 0 Å². The molecular formula is C12H11BrN2O3. The number of carbonyl (C=O) groups is 1. The molecule has 1 atom stereocenters. The fourth-order valence-corrected chi connectivity index (χ4v) is 2.16. The van der Waals surface area contributed by atoms with Crippen molar-refractivity contribution >= 4 is 32.7 Å². The maximum absolute atomic E-state index is 12.2. The minimum absolute atomic E-state index is 0.307. The van der Waals surface area contributed by atoms with Gasteiger partial charge in [-0.1, -0.05) is 28.9 Å². The Morgan fingerprint density at radius 3 is 2.89 bits per heavy atom. The number of carboxylic acids is 1. The number of halogens is 1. The van der Waals surface area contributed by atoms with Gasteiger partial charge in [0.2, 0.25) is 0 Å². The van der Waals surface area contributed by atoms with E-state index in [1.54, 1.807) is 19.1 Å². The Bertz CT molecular complexity index is 666. The zero-order chi connectivity index (χ0) is 13.3. The number of benzene rings is 1. The summed E-state index contributed by atoms with van der Waals surface area (Å²) in [5, 5.41) is 14.2. The van der Waals surface area contributed by atoms with Crippen LogP contribution < -0.4 is 5.56 Å². The Balaban J connectivity index is 2.71. The van der Waals surface area contributed by atoms with Crippen LogP contribution in [0.5, 0.6) is 0 Å². The van der Waals surface area contributed by atoms with Gasteiger partial charge in [0, 0.05) is 9.86 Å². The number of fused-ring (bicyclic) bond motifs is 1. The minimum Gasteiger partial charge on any atom is -0.480 e. The van der Waals surface area contributed by atoms with E-state index in [-0.39, 0.29) is 5.56 Å². The molecule has 0 amide bonds. The second-order valence-corrected chi connectivity index (χ2v) is 4.80. The number of nitrogens with zero attached hydrogens (tertiary/aromatic N) is 2. The first-order valence-corrected chi connectivity index (χ1v) is 6.23. The lowest BCUT2D eigenvalue weighted by atomic mass is 10.2. The van der Waals surface area contributed by atoms with Gasteiger partial charge < -0.3 is 5.11 Å². The molecule has 6 heteroatoms. The van der Waals surface area contributed by atoms with E-state index >= 15 is 0 Å². The van der Waals surface area contributed by atoms with Crippen LogP contribution in [-0.4, -0.2) is 20.9 Å². The van der Waals surface area contributed by atoms with Gasteiger partial charge in [0.1, 0.15) is 0 Å². The van der Waals surface area contributed by atoms with E-state index < -0.39 is 12.0 Å². The zero-order valence-electron chi connectivity index (χ0n) is 9.63. The van der Waals surface area contributed by atoms with E-state index in [4.69, 9.17) is 5.11 Å². The first kappa shape index (κ1) is 12.8. The van der Waals surface area contributed by atoms with E-state index in [1.165, 1.54) is 6.20 Å². The normalized spacial score (nSPS) is 12.6. The van der Waals surface area contributed by atoms with Gasteiger partial charge in [0.25, 0.3) is 5.56 Å². The number of aromatic nitrogens is 2. The van der Waals surface area contributed by atoms with Crippen molar-refractivity contribution in [1.29, 1.82) is 0 Å². The fourth-order valence-electron chi connectivity index (χ4n) is 1.80. The van der Waals surface area contributed by atoms with Crippen molar-refractivity contribution in [3.63, 3.8) is 0 Å². The highest BCUT2D eigenvalue weighted by Gasteiger charge is 2.20. The average molecular weight is 311 g/mol. The van der Waals surface area contributed by atoms with Gasteiger partial charge in [0.05, 0.1) is 11.6 Å². The van der Waals surface area contributed by atoms with E-state index in [0.29, 0.717) is 17.2 Å². The second-order valence-electron chi connectivity index (χ2n) is 3.89. The molecule has 1 heterocycles. The largest absolute Gasteiger partial charge is 0.480 e. The molecule has 0 aliphatic carbocycles.